The van der Waals surface area contributed by atoms with Crippen LogP contribution >= 0.6 is 0 Å². The van der Waals surface area contributed by atoms with Crippen molar-refractivity contribution in [3.05, 3.63) is 41.6 Å². The van der Waals surface area contributed by atoms with Gasteiger partial charge in [-0.2, -0.15) is 0 Å². The molecule has 0 unspecified atom stereocenters. The van der Waals surface area contributed by atoms with Crippen LogP contribution in [-0.4, -0.2) is 42.3 Å². The minimum absolute atomic E-state index is 0.313. The standard InChI is InChI=1S/C20H24N4O2S/c1-13-12-17(14-8-10-21-11-9-14)22-20-18(13)23-19(24(20)2)15-4-6-16(7-5-15)27(3,25)26/h4-7,12,14,21H,8-11H2,1-3H3. The molecule has 3 aromatic rings. The molecule has 1 saturated heterocycles. The number of sulfone groups is 1. The van der Waals surface area contributed by atoms with E-state index in [2.05, 4.69) is 18.3 Å². The highest BCUT2D eigenvalue weighted by molar-refractivity contribution is 7.90. The SMILES string of the molecule is Cc1cc(C2CCNCC2)nc2c1nc(-c1ccc(S(C)(=O)=O)cc1)n2C. The lowest BCUT2D eigenvalue weighted by Gasteiger charge is -2.22. The van der Waals surface area contributed by atoms with Crippen LogP contribution in [0.3, 0.4) is 0 Å². The Labute approximate surface area is 159 Å². The smallest absolute Gasteiger partial charge is 0.175 e. The van der Waals surface area contributed by atoms with E-state index < -0.39 is 9.84 Å². The molecular weight excluding hydrogens is 360 g/mol. The fraction of sp³-hybridized carbons (Fsp3) is 0.400. The lowest BCUT2D eigenvalue weighted by atomic mass is 9.93. The van der Waals surface area contributed by atoms with Crippen LogP contribution in [-0.2, 0) is 16.9 Å². The van der Waals surface area contributed by atoms with Crippen LogP contribution in [0.15, 0.2) is 35.2 Å². The van der Waals surface area contributed by atoms with Crippen LogP contribution in [0, 0.1) is 6.92 Å². The predicted octanol–water partition coefficient (Wildman–Crippen LogP) is 2.81. The van der Waals surface area contributed by atoms with Crippen molar-refractivity contribution in [3.8, 4) is 11.4 Å². The fourth-order valence-electron chi connectivity index (χ4n) is 3.76. The van der Waals surface area contributed by atoms with E-state index in [4.69, 9.17) is 9.97 Å². The van der Waals surface area contributed by atoms with Crippen LogP contribution in [0.2, 0.25) is 0 Å². The average molecular weight is 385 g/mol. The van der Waals surface area contributed by atoms with Gasteiger partial charge in [-0.15, -0.1) is 0 Å². The van der Waals surface area contributed by atoms with Gasteiger partial charge in [0.05, 0.1) is 4.90 Å². The molecule has 1 N–H and O–H groups in total. The zero-order valence-electron chi connectivity index (χ0n) is 15.9. The van der Waals surface area contributed by atoms with E-state index in [0.717, 1.165) is 59.7 Å². The Balaban J connectivity index is 1.78. The van der Waals surface area contributed by atoms with Crippen molar-refractivity contribution in [1.29, 1.82) is 0 Å². The number of nitrogens with zero attached hydrogens (tertiary/aromatic N) is 3. The van der Waals surface area contributed by atoms with Gasteiger partial charge in [0.15, 0.2) is 15.5 Å². The zero-order chi connectivity index (χ0) is 19.2. The Kier molecular flexibility index (Phi) is 4.52. The first-order valence-electron chi connectivity index (χ1n) is 9.20. The van der Waals surface area contributed by atoms with Gasteiger partial charge in [0.2, 0.25) is 0 Å². The average Bonchev–Trinajstić information content (AvgIpc) is 2.99. The number of aryl methyl sites for hydroxylation is 2. The van der Waals surface area contributed by atoms with Crippen molar-refractivity contribution in [2.75, 3.05) is 19.3 Å². The molecule has 0 amide bonds. The summed E-state index contributed by atoms with van der Waals surface area (Å²) >= 11 is 0. The van der Waals surface area contributed by atoms with Crippen LogP contribution in [0.4, 0.5) is 0 Å². The van der Waals surface area contributed by atoms with Crippen molar-refractivity contribution < 1.29 is 8.42 Å². The largest absolute Gasteiger partial charge is 0.317 e. The Morgan fingerprint density at radius 1 is 1.11 bits per heavy atom. The van der Waals surface area contributed by atoms with E-state index in [1.807, 2.05) is 11.6 Å². The normalized spacial score (nSPS) is 16.1. The van der Waals surface area contributed by atoms with E-state index in [0.29, 0.717) is 10.8 Å². The molecule has 1 aromatic carbocycles. The van der Waals surface area contributed by atoms with Crippen LogP contribution in [0.1, 0.15) is 30.0 Å². The van der Waals surface area contributed by atoms with Gasteiger partial charge in [0, 0.05) is 30.5 Å². The fourth-order valence-corrected chi connectivity index (χ4v) is 4.39. The number of aromatic nitrogens is 3. The topological polar surface area (TPSA) is 76.9 Å². The van der Waals surface area contributed by atoms with Gasteiger partial charge in [0.25, 0.3) is 0 Å². The summed E-state index contributed by atoms with van der Waals surface area (Å²) in [6, 6.07) is 9.04. The van der Waals surface area contributed by atoms with Gasteiger partial charge < -0.3 is 9.88 Å². The Bertz CT molecular complexity index is 1100. The van der Waals surface area contributed by atoms with Crippen molar-refractivity contribution in [1.82, 2.24) is 19.9 Å². The molecule has 2 aromatic heterocycles. The number of rotatable bonds is 3. The van der Waals surface area contributed by atoms with Gasteiger partial charge in [-0.05, 0) is 68.8 Å². The molecule has 1 aliphatic rings. The second-order valence-corrected chi connectivity index (χ2v) is 9.37. The molecule has 4 rings (SSSR count). The minimum atomic E-state index is -3.21. The molecule has 7 heteroatoms. The Hall–Kier alpha value is -2.25. The molecule has 27 heavy (non-hydrogen) atoms. The number of imidazole rings is 1. The molecule has 6 nitrogen and oxygen atoms in total. The highest BCUT2D eigenvalue weighted by Crippen LogP contribution is 2.30. The van der Waals surface area contributed by atoms with Gasteiger partial charge in [-0.25, -0.2) is 18.4 Å². The molecule has 0 radical (unpaired) electrons. The van der Waals surface area contributed by atoms with Gasteiger partial charge in [0.1, 0.15) is 11.3 Å². The molecule has 142 valence electrons. The number of pyridine rings is 1. The lowest BCUT2D eigenvalue weighted by Crippen LogP contribution is -2.27. The quantitative estimate of drug-likeness (QED) is 0.751. The number of hydrogen-bond acceptors (Lipinski definition) is 5. The third-order valence-electron chi connectivity index (χ3n) is 5.34. The molecule has 3 heterocycles. The highest BCUT2D eigenvalue weighted by Gasteiger charge is 2.20. The van der Waals surface area contributed by atoms with E-state index in [-0.39, 0.29) is 0 Å². The van der Waals surface area contributed by atoms with E-state index in [1.165, 1.54) is 6.26 Å². The monoisotopic (exact) mass is 384 g/mol. The first-order valence-corrected chi connectivity index (χ1v) is 11.1. The maximum absolute atomic E-state index is 11.7. The third-order valence-corrected chi connectivity index (χ3v) is 6.46. The lowest BCUT2D eigenvalue weighted by molar-refractivity contribution is 0.453. The maximum atomic E-state index is 11.7. The number of fused-ring (bicyclic) bond motifs is 1. The van der Waals surface area contributed by atoms with E-state index in [9.17, 15) is 8.42 Å². The number of hydrogen-bond donors (Lipinski definition) is 1. The second-order valence-electron chi connectivity index (χ2n) is 7.35. The summed E-state index contributed by atoms with van der Waals surface area (Å²) in [5.41, 5.74) is 4.93. The molecule has 0 aliphatic carbocycles. The molecular formula is C20H24N4O2S. The zero-order valence-corrected chi connectivity index (χ0v) is 16.7. The summed E-state index contributed by atoms with van der Waals surface area (Å²) in [4.78, 5) is 10.1. The second kappa shape index (κ2) is 6.73. The summed E-state index contributed by atoms with van der Waals surface area (Å²) in [5, 5.41) is 3.40. The summed E-state index contributed by atoms with van der Waals surface area (Å²) in [5.74, 6) is 1.28. The Morgan fingerprint density at radius 3 is 2.41 bits per heavy atom. The molecule has 1 aliphatic heterocycles. The van der Waals surface area contributed by atoms with Gasteiger partial charge >= 0.3 is 0 Å². The summed E-state index contributed by atoms with van der Waals surface area (Å²) in [7, 11) is -1.24. The number of nitrogens with one attached hydrogen (secondary N) is 1. The van der Waals surface area contributed by atoms with Crippen molar-refractivity contribution in [2.24, 2.45) is 7.05 Å². The van der Waals surface area contributed by atoms with Crippen molar-refractivity contribution >= 4 is 21.0 Å². The summed E-state index contributed by atoms with van der Waals surface area (Å²) < 4.78 is 25.4. The number of piperidine rings is 1. The first kappa shape index (κ1) is 18.1. The van der Waals surface area contributed by atoms with E-state index >= 15 is 0 Å². The molecule has 0 bridgehead atoms. The highest BCUT2D eigenvalue weighted by atomic mass is 32.2. The maximum Gasteiger partial charge on any atom is 0.175 e. The minimum Gasteiger partial charge on any atom is -0.317 e. The Morgan fingerprint density at radius 2 is 1.78 bits per heavy atom. The summed E-state index contributed by atoms with van der Waals surface area (Å²) in [6.45, 7) is 4.15. The molecule has 1 fully saturated rings. The van der Waals surface area contributed by atoms with Crippen molar-refractivity contribution in [3.63, 3.8) is 0 Å². The molecule has 0 atom stereocenters. The molecule has 0 spiro atoms. The first-order chi connectivity index (χ1) is 12.8. The third kappa shape index (κ3) is 3.37. The predicted molar refractivity (Wildman–Crippen MR) is 107 cm³/mol. The van der Waals surface area contributed by atoms with Crippen molar-refractivity contribution in [2.45, 2.75) is 30.6 Å². The summed E-state index contributed by atoms with van der Waals surface area (Å²) in [6.07, 6.45) is 3.43. The van der Waals surface area contributed by atoms with Crippen LogP contribution in [0.25, 0.3) is 22.6 Å². The van der Waals surface area contributed by atoms with Crippen LogP contribution < -0.4 is 5.32 Å². The number of benzene rings is 1. The molecule has 0 saturated carbocycles. The van der Waals surface area contributed by atoms with Gasteiger partial charge in [-0.3, -0.25) is 0 Å². The van der Waals surface area contributed by atoms with Crippen LogP contribution in [0.5, 0.6) is 0 Å². The van der Waals surface area contributed by atoms with Gasteiger partial charge in [-0.1, -0.05) is 0 Å². The van der Waals surface area contributed by atoms with E-state index in [1.54, 1.807) is 24.3 Å².